The molecule has 0 heterocycles. The fourth-order valence-electron chi connectivity index (χ4n) is 0. The Morgan fingerprint density at radius 2 is 0.615 bits per heavy atom. The monoisotopic (exact) mass is 306 g/mol. The standard InChI is InChI=1S/2CH2O2S.3Ca.2H2O/c2*2-1(3)4;;;;;/h2*(H2,2,3,4);;;;2*1H2/q;;3*+2;;/p-6. The van der Waals surface area contributed by atoms with Crippen LogP contribution in [0.2, 0.25) is 0 Å². The normalized spacial score (nSPS) is 3.69. The molecule has 64 valence electrons. The number of hydrogen-bond acceptors (Lipinski definition) is 8. The largest absolute Gasteiger partial charge is 2.00 e. The van der Waals surface area contributed by atoms with Gasteiger partial charge in [0, 0.05) is 0 Å². The van der Waals surface area contributed by atoms with Crippen LogP contribution in [0.25, 0.3) is 0 Å². The maximum atomic E-state index is 8.70. The molecule has 0 atom stereocenters. The second-order valence-corrected chi connectivity index (χ2v) is 1.17. The van der Waals surface area contributed by atoms with Crippen LogP contribution in [0.3, 0.4) is 0 Å². The first-order valence-corrected chi connectivity index (χ1v) is 2.04. The average Bonchev–Trinajstić information content (AvgIpc) is 1.25. The third-order valence-electron chi connectivity index (χ3n) is 0. The number of rotatable bonds is 0. The van der Waals surface area contributed by atoms with Crippen LogP contribution < -0.4 is 20.4 Å². The van der Waals surface area contributed by atoms with Gasteiger partial charge in [-0.3, -0.25) is 0 Å². The molecule has 0 aliphatic rings. The third-order valence-corrected chi connectivity index (χ3v) is 0. The summed E-state index contributed by atoms with van der Waals surface area (Å²) in [5.41, 5.74) is 0. The van der Waals surface area contributed by atoms with Gasteiger partial charge in [0.05, 0.1) is 0 Å². The predicted molar refractivity (Wildman–Crippen MR) is 46.3 cm³/mol. The summed E-state index contributed by atoms with van der Waals surface area (Å²) in [6.07, 6.45) is 0. The molecule has 0 aromatic rings. The summed E-state index contributed by atoms with van der Waals surface area (Å²) in [5, 5.41) is 31.8. The van der Waals surface area contributed by atoms with Crippen LogP contribution >= 0.6 is 24.4 Å². The van der Waals surface area contributed by atoms with Gasteiger partial charge in [-0.25, -0.2) is 0 Å². The molecule has 0 aliphatic heterocycles. The minimum Gasteiger partial charge on any atom is -0.876 e. The van der Waals surface area contributed by atoms with Crippen molar-refractivity contribution in [2.75, 3.05) is 0 Å². The summed E-state index contributed by atoms with van der Waals surface area (Å²) in [6.45, 7) is 0. The van der Waals surface area contributed by atoms with E-state index in [4.69, 9.17) is 20.4 Å². The van der Waals surface area contributed by atoms with E-state index in [-0.39, 0.29) is 124 Å². The van der Waals surface area contributed by atoms with Gasteiger partial charge < -0.3 is 31.4 Å². The van der Waals surface area contributed by atoms with E-state index in [1.807, 2.05) is 0 Å². The molecule has 0 aromatic heterocycles. The first-order chi connectivity index (χ1) is 3.46. The summed E-state index contributed by atoms with van der Waals surface area (Å²) in [4.78, 5) is 0. The summed E-state index contributed by atoms with van der Waals surface area (Å²) in [6, 6.07) is 0. The van der Waals surface area contributed by atoms with Crippen molar-refractivity contribution < 1.29 is 31.4 Å². The van der Waals surface area contributed by atoms with Crippen LogP contribution in [0.4, 0.5) is 0 Å². The number of thiocarbonyl (C=S) groups is 2. The molecule has 0 bridgehead atoms. The van der Waals surface area contributed by atoms with E-state index in [0.29, 0.717) is 0 Å². The Hall–Kier alpha value is 3.08. The van der Waals surface area contributed by atoms with Crippen LogP contribution in [0.5, 0.6) is 0 Å². The second-order valence-electron chi connectivity index (χ2n) is 0.500. The molecule has 2 N–H and O–H groups in total. The van der Waals surface area contributed by atoms with Crippen molar-refractivity contribution in [3.05, 3.63) is 0 Å². The van der Waals surface area contributed by atoms with Crippen molar-refractivity contribution >= 4 is 148 Å². The third kappa shape index (κ3) is 272. The summed E-state index contributed by atoms with van der Waals surface area (Å²) < 4.78 is 0. The summed E-state index contributed by atoms with van der Waals surface area (Å²) in [5.74, 6) is 0. The van der Waals surface area contributed by atoms with Crippen LogP contribution in [-0.2, 0) is 0 Å². The summed E-state index contributed by atoms with van der Waals surface area (Å²) in [7, 11) is 0. The smallest absolute Gasteiger partial charge is 0.876 e. The van der Waals surface area contributed by atoms with Gasteiger partial charge in [0.15, 0.2) is 0 Å². The Morgan fingerprint density at radius 3 is 0.615 bits per heavy atom. The second kappa shape index (κ2) is 36.3. The van der Waals surface area contributed by atoms with Crippen molar-refractivity contribution in [2.24, 2.45) is 0 Å². The van der Waals surface area contributed by atoms with Gasteiger partial charge >= 0.3 is 113 Å². The number of hydrogen-bond donors (Lipinski definition) is 0. The van der Waals surface area contributed by atoms with E-state index in [1.165, 1.54) is 0 Å². The Labute approximate surface area is 175 Å². The zero-order chi connectivity index (χ0) is 7.15. The van der Waals surface area contributed by atoms with E-state index in [9.17, 15) is 0 Å². The van der Waals surface area contributed by atoms with Crippen LogP contribution in [0.1, 0.15) is 0 Å². The van der Waals surface area contributed by atoms with E-state index in [1.54, 1.807) is 0 Å². The van der Waals surface area contributed by atoms with Crippen LogP contribution in [0, 0.1) is 0 Å². The van der Waals surface area contributed by atoms with Crippen molar-refractivity contribution in [3.63, 3.8) is 0 Å². The van der Waals surface area contributed by atoms with Gasteiger partial charge in [0.2, 0.25) is 0 Å². The van der Waals surface area contributed by atoms with Gasteiger partial charge in [0.25, 0.3) is 0 Å². The van der Waals surface area contributed by atoms with E-state index >= 15 is 0 Å². The topological polar surface area (TPSA) is 152 Å². The molecule has 0 fully saturated rings. The zero-order valence-corrected chi connectivity index (χ0v) is 14.7. The quantitative estimate of drug-likeness (QED) is 0.317. The molecular weight excluding hydrogens is 304 g/mol. The fraction of sp³-hybridized carbons (Fsp3) is 0. The van der Waals surface area contributed by atoms with Crippen molar-refractivity contribution in [2.45, 2.75) is 0 Å². The van der Waals surface area contributed by atoms with E-state index in [0.717, 1.165) is 0 Å². The molecule has 0 spiro atoms. The molecule has 0 saturated heterocycles. The van der Waals surface area contributed by atoms with Crippen LogP contribution in [0.15, 0.2) is 0 Å². The Bertz CT molecular complexity index is 81.9. The van der Waals surface area contributed by atoms with Gasteiger partial charge in [-0.1, -0.05) is 0 Å². The molecule has 0 unspecified atom stereocenters. The van der Waals surface area contributed by atoms with E-state index < -0.39 is 10.5 Å². The first kappa shape index (κ1) is 44.4. The zero-order valence-electron chi connectivity index (χ0n) is 6.47. The average molecular weight is 306 g/mol. The Balaban J connectivity index is -0.00000000800. The molecule has 0 radical (unpaired) electrons. The Morgan fingerprint density at radius 1 is 0.615 bits per heavy atom. The molecule has 0 aromatic carbocycles. The molecule has 0 rings (SSSR count). The molecule has 13 heavy (non-hydrogen) atoms. The minimum atomic E-state index is -1.50. The van der Waals surface area contributed by atoms with Crippen molar-refractivity contribution in [3.8, 4) is 0 Å². The molecule has 0 amide bonds. The van der Waals surface area contributed by atoms with Gasteiger partial charge in [-0.2, -0.15) is 0 Å². The summed E-state index contributed by atoms with van der Waals surface area (Å²) >= 11 is 6.85. The van der Waals surface area contributed by atoms with Gasteiger partial charge in [-0.15, -0.1) is 34.9 Å². The SMILES string of the molecule is [Ca+2].[Ca+2].[Ca+2].[O-]C([O-])=S.[O-]C([O-])=S.[OH-].[OH-]. The molecule has 0 saturated carbocycles. The minimum absolute atomic E-state index is 0. The van der Waals surface area contributed by atoms with Crippen molar-refractivity contribution in [1.82, 2.24) is 0 Å². The van der Waals surface area contributed by atoms with Crippen LogP contribution in [-0.4, -0.2) is 135 Å². The van der Waals surface area contributed by atoms with E-state index in [2.05, 4.69) is 24.4 Å². The predicted octanol–water partition coefficient (Wildman–Crippen LogP) is -5.51. The molecular formula is C2H2Ca3O6S2. The fourth-order valence-corrected chi connectivity index (χ4v) is 0. The maximum absolute atomic E-state index is 8.70. The molecule has 11 heteroatoms. The molecule has 6 nitrogen and oxygen atoms in total. The first-order valence-electron chi connectivity index (χ1n) is 1.22. The van der Waals surface area contributed by atoms with Gasteiger partial charge in [0.1, 0.15) is 0 Å². The Kier molecular flexibility index (Phi) is 124. The van der Waals surface area contributed by atoms with Crippen molar-refractivity contribution in [1.29, 1.82) is 0 Å². The molecule has 0 aliphatic carbocycles. The van der Waals surface area contributed by atoms with Gasteiger partial charge in [-0.05, 0) is 0 Å². The maximum Gasteiger partial charge on any atom is 2.00 e.